The van der Waals surface area contributed by atoms with Gasteiger partial charge in [0.2, 0.25) is 11.8 Å². The second kappa shape index (κ2) is 3.96. The average Bonchev–Trinajstić information content (AvgIpc) is 2.61. The molecule has 0 saturated carbocycles. The van der Waals surface area contributed by atoms with Gasteiger partial charge in [0.1, 0.15) is 0 Å². The first-order chi connectivity index (χ1) is 7.63. The molecule has 6 heteroatoms. The zero-order valence-electron chi connectivity index (χ0n) is 9.64. The summed E-state index contributed by atoms with van der Waals surface area (Å²) < 4.78 is 7.33. The summed E-state index contributed by atoms with van der Waals surface area (Å²) in [5.74, 6) is 0.655. The van der Waals surface area contributed by atoms with E-state index in [1.54, 1.807) is 6.33 Å². The molecule has 2 aromatic heterocycles. The number of anilines is 1. The van der Waals surface area contributed by atoms with Gasteiger partial charge in [0, 0.05) is 6.04 Å². The van der Waals surface area contributed by atoms with E-state index >= 15 is 0 Å². The van der Waals surface area contributed by atoms with Crippen molar-refractivity contribution in [3.8, 4) is 5.88 Å². The van der Waals surface area contributed by atoms with Crippen molar-refractivity contribution in [2.24, 2.45) is 0 Å². The third-order valence-electron chi connectivity index (χ3n) is 2.24. The normalized spacial score (nSPS) is 11.2. The molecule has 0 atom stereocenters. The van der Waals surface area contributed by atoms with E-state index in [4.69, 9.17) is 10.5 Å². The van der Waals surface area contributed by atoms with Gasteiger partial charge in [-0.15, -0.1) is 0 Å². The third-order valence-corrected chi connectivity index (χ3v) is 2.24. The van der Waals surface area contributed by atoms with Crippen molar-refractivity contribution in [1.82, 2.24) is 19.5 Å². The number of fused-ring (bicyclic) bond motifs is 1. The zero-order valence-corrected chi connectivity index (χ0v) is 9.64. The molecular formula is C10H15N5O. The monoisotopic (exact) mass is 221 g/mol. The molecular weight excluding hydrogens is 206 g/mol. The second-order valence-corrected chi connectivity index (χ2v) is 3.74. The van der Waals surface area contributed by atoms with Crippen LogP contribution in [-0.4, -0.2) is 26.1 Å². The lowest BCUT2D eigenvalue weighted by atomic mass is 10.4. The van der Waals surface area contributed by atoms with E-state index in [-0.39, 0.29) is 12.0 Å². The van der Waals surface area contributed by atoms with E-state index in [1.165, 1.54) is 0 Å². The molecule has 0 spiro atoms. The van der Waals surface area contributed by atoms with Gasteiger partial charge in [0.15, 0.2) is 11.2 Å². The zero-order chi connectivity index (χ0) is 11.7. The van der Waals surface area contributed by atoms with Crippen molar-refractivity contribution in [1.29, 1.82) is 0 Å². The molecule has 2 N–H and O–H groups in total. The molecule has 0 aromatic carbocycles. The molecule has 0 aliphatic rings. The van der Waals surface area contributed by atoms with Crippen LogP contribution in [0.1, 0.15) is 26.8 Å². The fourth-order valence-corrected chi connectivity index (χ4v) is 1.52. The summed E-state index contributed by atoms with van der Waals surface area (Å²) in [6, 6.07) is 0.272. The van der Waals surface area contributed by atoms with E-state index in [0.29, 0.717) is 23.7 Å². The van der Waals surface area contributed by atoms with Gasteiger partial charge in [-0.05, 0) is 20.8 Å². The summed E-state index contributed by atoms with van der Waals surface area (Å²) in [5.41, 5.74) is 7.01. The molecule has 0 aliphatic heterocycles. The highest BCUT2D eigenvalue weighted by atomic mass is 16.5. The van der Waals surface area contributed by atoms with Gasteiger partial charge in [-0.1, -0.05) is 0 Å². The largest absolute Gasteiger partial charge is 0.476 e. The number of nitrogens with two attached hydrogens (primary N) is 1. The van der Waals surface area contributed by atoms with Crippen LogP contribution in [-0.2, 0) is 0 Å². The number of aromatic nitrogens is 4. The predicted molar refractivity (Wildman–Crippen MR) is 61.3 cm³/mol. The Balaban J connectivity index is 2.65. The Labute approximate surface area is 93.5 Å². The molecule has 0 radical (unpaired) electrons. The minimum Gasteiger partial charge on any atom is -0.476 e. The molecule has 0 amide bonds. The molecule has 2 rings (SSSR count). The first-order valence-corrected chi connectivity index (χ1v) is 5.26. The van der Waals surface area contributed by atoms with Crippen LogP contribution in [0, 0.1) is 0 Å². The Morgan fingerprint density at radius 3 is 2.81 bits per heavy atom. The fraction of sp³-hybridized carbons (Fsp3) is 0.500. The van der Waals surface area contributed by atoms with E-state index < -0.39 is 0 Å². The van der Waals surface area contributed by atoms with Crippen LogP contribution in [0.15, 0.2) is 6.33 Å². The van der Waals surface area contributed by atoms with Crippen LogP contribution in [0.4, 0.5) is 5.95 Å². The summed E-state index contributed by atoms with van der Waals surface area (Å²) in [5, 5.41) is 0. The van der Waals surface area contributed by atoms with Crippen molar-refractivity contribution in [2.45, 2.75) is 26.8 Å². The van der Waals surface area contributed by atoms with Gasteiger partial charge < -0.3 is 15.0 Å². The maximum absolute atomic E-state index is 5.64. The Morgan fingerprint density at radius 2 is 2.19 bits per heavy atom. The first-order valence-electron chi connectivity index (χ1n) is 5.26. The topological polar surface area (TPSA) is 78.8 Å². The van der Waals surface area contributed by atoms with Gasteiger partial charge in [0.05, 0.1) is 12.9 Å². The highest BCUT2D eigenvalue weighted by molar-refractivity contribution is 5.77. The highest BCUT2D eigenvalue weighted by Crippen LogP contribution is 2.23. The van der Waals surface area contributed by atoms with Gasteiger partial charge in [-0.2, -0.15) is 9.97 Å². The van der Waals surface area contributed by atoms with Gasteiger partial charge in [-0.3, -0.25) is 0 Å². The lowest BCUT2D eigenvalue weighted by Gasteiger charge is -2.08. The maximum Gasteiger partial charge on any atom is 0.247 e. The molecule has 2 heterocycles. The summed E-state index contributed by atoms with van der Waals surface area (Å²) in [7, 11) is 0. The lowest BCUT2D eigenvalue weighted by molar-refractivity contribution is 0.330. The number of hydrogen-bond acceptors (Lipinski definition) is 5. The molecule has 86 valence electrons. The SMILES string of the molecule is CCOc1nc(N)nc2c1ncn2C(C)C. The highest BCUT2D eigenvalue weighted by Gasteiger charge is 2.14. The molecule has 0 saturated heterocycles. The number of imidazole rings is 1. The Hall–Kier alpha value is -1.85. The fourth-order valence-electron chi connectivity index (χ4n) is 1.52. The van der Waals surface area contributed by atoms with Crippen LogP contribution in [0.25, 0.3) is 11.2 Å². The first kappa shape index (κ1) is 10.7. The summed E-state index contributed by atoms with van der Waals surface area (Å²) in [6.07, 6.45) is 1.73. The molecule has 16 heavy (non-hydrogen) atoms. The van der Waals surface area contributed by atoms with E-state index in [1.807, 2.05) is 11.5 Å². The van der Waals surface area contributed by atoms with Gasteiger partial charge in [0.25, 0.3) is 0 Å². The van der Waals surface area contributed by atoms with Gasteiger partial charge >= 0.3 is 0 Å². The third kappa shape index (κ3) is 1.66. The van der Waals surface area contributed by atoms with E-state index in [9.17, 15) is 0 Å². The summed E-state index contributed by atoms with van der Waals surface area (Å²) in [6.45, 7) is 6.53. The summed E-state index contributed by atoms with van der Waals surface area (Å²) in [4.78, 5) is 12.5. The predicted octanol–water partition coefficient (Wildman–Crippen LogP) is 1.39. The Morgan fingerprint density at radius 1 is 1.44 bits per heavy atom. The van der Waals surface area contributed by atoms with Gasteiger partial charge in [-0.25, -0.2) is 4.98 Å². The lowest BCUT2D eigenvalue weighted by Crippen LogP contribution is -2.04. The second-order valence-electron chi connectivity index (χ2n) is 3.74. The summed E-state index contributed by atoms with van der Waals surface area (Å²) >= 11 is 0. The smallest absolute Gasteiger partial charge is 0.247 e. The van der Waals surface area contributed by atoms with Crippen LogP contribution >= 0.6 is 0 Å². The van der Waals surface area contributed by atoms with Crippen molar-refractivity contribution in [3.63, 3.8) is 0 Å². The molecule has 0 bridgehead atoms. The number of nitrogens with zero attached hydrogens (tertiary/aromatic N) is 4. The van der Waals surface area contributed by atoms with E-state index in [2.05, 4.69) is 28.8 Å². The number of nitrogen functional groups attached to an aromatic ring is 1. The molecule has 2 aromatic rings. The molecule has 0 unspecified atom stereocenters. The van der Waals surface area contributed by atoms with Crippen molar-refractivity contribution >= 4 is 17.1 Å². The average molecular weight is 221 g/mol. The van der Waals surface area contributed by atoms with Crippen LogP contribution in [0.2, 0.25) is 0 Å². The quantitative estimate of drug-likeness (QED) is 0.847. The Kier molecular flexibility index (Phi) is 2.64. The van der Waals surface area contributed by atoms with E-state index in [0.717, 1.165) is 0 Å². The van der Waals surface area contributed by atoms with Crippen LogP contribution < -0.4 is 10.5 Å². The standard InChI is InChI=1S/C10H15N5O/c1-4-16-9-7-8(13-10(11)14-9)15(5-12-7)6(2)3/h5-6H,4H2,1-3H3,(H2,11,13,14). The van der Waals surface area contributed by atoms with Crippen LogP contribution in [0.5, 0.6) is 5.88 Å². The molecule has 0 fully saturated rings. The molecule has 6 nitrogen and oxygen atoms in total. The minimum absolute atomic E-state index is 0.207. The molecule has 0 aliphatic carbocycles. The van der Waals surface area contributed by atoms with Crippen molar-refractivity contribution in [2.75, 3.05) is 12.3 Å². The Bertz CT molecular complexity index is 505. The maximum atomic E-state index is 5.64. The number of rotatable bonds is 3. The van der Waals surface area contributed by atoms with Crippen LogP contribution in [0.3, 0.4) is 0 Å². The van der Waals surface area contributed by atoms with Crippen molar-refractivity contribution < 1.29 is 4.74 Å². The number of ether oxygens (including phenoxy) is 1. The minimum atomic E-state index is 0.207. The van der Waals surface area contributed by atoms with Crippen molar-refractivity contribution in [3.05, 3.63) is 6.33 Å². The number of hydrogen-bond donors (Lipinski definition) is 1.